The van der Waals surface area contributed by atoms with Crippen molar-refractivity contribution >= 4 is 68.9 Å². The molecule has 2 N–H and O–H groups in total. The van der Waals surface area contributed by atoms with Gasteiger partial charge in [0.15, 0.2) is 5.78 Å². The molecule has 38 heavy (non-hydrogen) atoms. The molecule has 0 aromatic carbocycles. The molecule has 0 aliphatic heterocycles. The van der Waals surface area contributed by atoms with Crippen molar-refractivity contribution in [3.63, 3.8) is 0 Å². The standard InChI is InChI=1S/C24H30Cl3FO3.C2H2O4S/c1-6-17(29)31-21-11(2)7-13-14-8-15(28)18-19(26)20(30)12(3)9-23(18,5)24(14,27)16(25)10-22(13,21)4;3-1(4)7-2(5)6/h9,11,13-16,21H,6-8,10H2,1-5H3;(H,3,4)(H,5,6)/t11-,13+,14+,15+,16+,21-,22+,23+,24+;/m1./s1. The van der Waals surface area contributed by atoms with Crippen molar-refractivity contribution in [1.29, 1.82) is 0 Å². The zero-order chi connectivity index (χ0) is 29.0. The number of alkyl halides is 3. The Morgan fingerprint density at radius 3 is 2.26 bits per heavy atom. The van der Waals surface area contributed by atoms with E-state index in [-0.39, 0.29) is 69.8 Å². The number of allylic oxidation sites excluding steroid dienone is 4. The minimum Gasteiger partial charge on any atom is -0.473 e. The van der Waals surface area contributed by atoms with Gasteiger partial charge in [-0.25, -0.2) is 14.0 Å². The summed E-state index contributed by atoms with van der Waals surface area (Å²) in [6, 6.07) is 0. The van der Waals surface area contributed by atoms with Crippen molar-refractivity contribution in [2.24, 2.45) is 28.6 Å². The van der Waals surface area contributed by atoms with Crippen molar-refractivity contribution in [3.8, 4) is 0 Å². The van der Waals surface area contributed by atoms with Crippen molar-refractivity contribution in [2.45, 2.75) is 82.8 Å². The highest BCUT2D eigenvalue weighted by Gasteiger charge is 2.72. The summed E-state index contributed by atoms with van der Waals surface area (Å²) in [6.45, 7) is 9.54. The molecular formula is C26H32Cl3FO7S. The maximum atomic E-state index is 15.7. The van der Waals surface area contributed by atoms with E-state index in [4.69, 9.17) is 49.8 Å². The fraction of sp³-hybridized carbons (Fsp3) is 0.692. The van der Waals surface area contributed by atoms with Crippen molar-refractivity contribution in [3.05, 3.63) is 22.3 Å². The molecule has 0 aromatic rings. The van der Waals surface area contributed by atoms with E-state index in [9.17, 15) is 19.2 Å². The Hall–Kier alpha value is -1.29. The van der Waals surface area contributed by atoms with E-state index in [0.29, 0.717) is 18.4 Å². The van der Waals surface area contributed by atoms with Crippen LogP contribution < -0.4 is 0 Å². The molecule has 0 amide bonds. The van der Waals surface area contributed by atoms with Crippen LogP contribution in [0.5, 0.6) is 0 Å². The van der Waals surface area contributed by atoms with E-state index >= 15 is 4.39 Å². The Morgan fingerprint density at radius 2 is 1.76 bits per heavy atom. The third kappa shape index (κ3) is 4.90. The van der Waals surface area contributed by atoms with Gasteiger partial charge in [-0.1, -0.05) is 45.4 Å². The molecule has 0 unspecified atom stereocenters. The van der Waals surface area contributed by atoms with E-state index in [2.05, 4.69) is 13.8 Å². The van der Waals surface area contributed by atoms with Crippen LogP contribution in [0, 0.1) is 28.6 Å². The number of halogens is 4. The number of carboxylic acid groups (broad SMARTS) is 2. The Morgan fingerprint density at radius 1 is 1.18 bits per heavy atom. The number of thioether (sulfide) groups is 1. The first-order valence-electron chi connectivity index (χ1n) is 12.4. The average molecular weight is 614 g/mol. The van der Waals surface area contributed by atoms with Gasteiger partial charge < -0.3 is 14.9 Å². The Labute approximate surface area is 240 Å². The minimum absolute atomic E-state index is 0.0476. The molecule has 7 nitrogen and oxygen atoms in total. The molecule has 4 aliphatic carbocycles. The molecule has 9 atom stereocenters. The molecule has 3 saturated carbocycles. The molecule has 0 heterocycles. The molecule has 0 bridgehead atoms. The SMILES string of the molecule is CCC(=O)O[C@@H]1[C@H](C)C[C@H]2[C@@H]3C[C@H](F)C4=C(Cl)C(=O)C(C)=C[C@]4(C)[C@@]3(Cl)[C@@H](Cl)C[C@]12C.O=C(O)SC(=O)O. The second kappa shape index (κ2) is 10.9. The van der Waals surface area contributed by atoms with Crippen molar-refractivity contribution in [2.75, 3.05) is 0 Å². The quantitative estimate of drug-likeness (QED) is 0.244. The van der Waals surface area contributed by atoms with Gasteiger partial charge in [-0.3, -0.25) is 9.59 Å². The fourth-order valence-corrected chi connectivity index (χ4v) is 9.23. The fourth-order valence-electron chi connectivity index (χ4n) is 7.42. The van der Waals surface area contributed by atoms with E-state index < -0.39 is 32.4 Å². The smallest absolute Gasteiger partial charge is 0.376 e. The maximum absolute atomic E-state index is 15.7. The van der Waals surface area contributed by atoms with Gasteiger partial charge in [-0.2, -0.15) is 0 Å². The van der Waals surface area contributed by atoms with E-state index in [1.165, 1.54) is 0 Å². The Balaban J connectivity index is 0.000000505. The molecule has 212 valence electrons. The number of carbonyl (C=O) groups excluding carboxylic acids is 2. The number of ketones is 1. The van der Waals surface area contributed by atoms with Gasteiger partial charge in [0.05, 0.1) is 27.0 Å². The summed E-state index contributed by atoms with van der Waals surface area (Å²) >= 11 is 20.8. The second-order valence-electron chi connectivity index (χ2n) is 11.1. The largest absolute Gasteiger partial charge is 0.473 e. The van der Waals surface area contributed by atoms with Gasteiger partial charge in [0.1, 0.15) is 12.3 Å². The summed E-state index contributed by atoms with van der Waals surface area (Å²) in [6.07, 6.45) is 1.95. The number of carbonyl (C=O) groups is 4. The van der Waals surface area contributed by atoms with Gasteiger partial charge in [-0.15, -0.1) is 23.2 Å². The minimum atomic E-state index is -1.40. The molecule has 0 aromatic heterocycles. The number of rotatable bonds is 2. The Bertz CT molecular complexity index is 1100. The van der Waals surface area contributed by atoms with Crippen LogP contribution in [0.15, 0.2) is 22.3 Å². The van der Waals surface area contributed by atoms with Gasteiger partial charge in [-0.05, 0) is 55.1 Å². The first-order valence-corrected chi connectivity index (χ1v) is 14.4. The molecule has 3 fully saturated rings. The van der Waals surface area contributed by atoms with E-state index in [0.717, 1.165) is 6.42 Å². The molecule has 4 aliphatic rings. The molecule has 12 heteroatoms. The number of hydrogen-bond acceptors (Lipinski definition) is 6. The van der Waals surface area contributed by atoms with Crippen LogP contribution in [-0.2, 0) is 14.3 Å². The highest BCUT2D eigenvalue weighted by molar-refractivity contribution is 8.25. The number of ether oxygens (including phenoxy) is 1. The predicted molar refractivity (Wildman–Crippen MR) is 145 cm³/mol. The third-order valence-electron chi connectivity index (χ3n) is 8.89. The van der Waals surface area contributed by atoms with Crippen LogP contribution >= 0.6 is 46.6 Å². The first kappa shape index (κ1) is 31.2. The zero-order valence-electron chi connectivity index (χ0n) is 21.7. The van der Waals surface area contributed by atoms with Crippen molar-refractivity contribution < 1.29 is 38.5 Å². The third-order valence-corrected chi connectivity index (χ3v) is 11.2. The Kier molecular flexibility index (Phi) is 8.99. The highest BCUT2D eigenvalue weighted by Crippen LogP contribution is 2.71. The lowest BCUT2D eigenvalue weighted by Gasteiger charge is -2.63. The number of esters is 1. The second-order valence-corrected chi connectivity index (χ2v) is 13.5. The zero-order valence-corrected chi connectivity index (χ0v) is 24.8. The lowest BCUT2D eigenvalue weighted by atomic mass is 9.47. The normalized spacial score (nSPS) is 41.6. The number of Topliss-reactive ketones (excluding diaryl/α,β-unsaturated/α-hetero) is 1. The van der Waals surface area contributed by atoms with Gasteiger partial charge in [0.25, 0.3) is 0 Å². The first-order chi connectivity index (χ1) is 17.4. The van der Waals surface area contributed by atoms with Crippen LogP contribution in [0.3, 0.4) is 0 Å². The number of fused-ring (bicyclic) bond motifs is 5. The van der Waals surface area contributed by atoms with Crippen molar-refractivity contribution in [1.82, 2.24) is 0 Å². The summed E-state index contributed by atoms with van der Waals surface area (Å²) in [5, 5.41) is 12.0. The van der Waals surface area contributed by atoms with Crippen LogP contribution in [0.2, 0.25) is 0 Å². The predicted octanol–water partition coefficient (Wildman–Crippen LogP) is 7.42. The van der Waals surface area contributed by atoms with Crippen LogP contribution in [0.25, 0.3) is 0 Å². The van der Waals surface area contributed by atoms with E-state index in [1.807, 2.05) is 6.92 Å². The highest BCUT2D eigenvalue weighted by atomic mass is 35.5. The molecule has 4 rings (SSSR count). The molecular weight excluding hydrogens is 582 g/mol. The average Bonchev–Trinajstić information content (AvgIpc) is 3.03. The summed E-state index contributed by atoms with van der Waals surface area (Å²) in [7, 11) is 0. The summed E-state index contributed by atoms with van der Waals surface area (Å²) in [4.78, 5) is 42.5. The maximum Gasteiger partial charge on any atom is 0.376 e. The van der Waals surface area contributed by atoms with Gasteiger partial charge >= 0.3 is 16.6 Å². The lowest BCUT2D eigenvalue weighted by Crippen LogP contribution is -2.67. The van der Waals surface area contributed by atoms with E-state index in [1.54, 1.807) is 19.9 Å². The van der Waals surface area contributed by atoms with Crippen LogP contribution in [0.1, 0.15) is 60.3 Å². The van der Waals surface area contributed by atoms with Crippen LogP contribution in [-0.4, -0.2) is 55.1 Å². The summed E-state index contributed by atoms with van der Waals surface area (Å²) in [5.41, 5.74) is -0.619. The molecule has 0 saturated heterocycles. The number of hydrogen-bond donors (Lipinski definition) is 2. The topological polar surface area (TPSA) is 118 Å². The molecule has 0 spiro atoms. The van der Waals surface area contributed by atoms with Crippen LogP contribution in [0.4, 0.5) is 14.0 Å². The lowest BCUT2D eigenvalue weighted by molar-refractivity contribution is -0.161. The van der Waals surface area contributed by atoms with Gasteiger partial charge in [0.2, 0.25) is 0 Å². The summed E-state index contributed by atoms with van der Waals surface area (Å²) < 4.78 is 21.6. The van der Waals surface area contributed by atoms with Gasteiger partial charge in [0, 0.05) is 17.3 Å². The molecule has 0 radical (unpaired) electrons. The summed E-state index contributed by atoms with van der Waals surface area (Å²) in [5.74, 6) is -0.638. The monoisotopic (exact) mass is 612 g/mol.